The van der Waals surface area contributed by atoms with E-state index in [-0.39, 0.29) is 18.6 Å². The molecular formula is C15H24N2O2. The number of nitrogens with one attached hydrogen (secondary N) is 1. The third kappa shape index (κ3) is 4.24. The second-order valence-electron chi connectivity index (χ2n) is 4.75. The molecule has 0 aliphatic carbocycles. The van der Waals surface area contributed by atoms with Crippen molar-refractivity contribution in [3.8, 4) is 0 Å². The Morgan fingerprint density at radius 1 is 1.37 bits per heavy atom. The van der Waals surface area contributed by atoms with E-state index in [2.05, 4.69) is 12.2 Å². The van der Waals surface area contributed by atoms with Gasteiger partial charge in [0.25, 0.3) is 0 Å². The minimum Gasteiger partial charge on any atom is -0.388 e. The molecule has 0 saturated carbocycles. The van der Waals surface area contributed by atoms with Gasteiger partial charge in [-0.15, -0.1) is 0 Å². The molecule has 1 amide bonds. The lowest BCUT2D eigenvalue weighted by Gasteiger charge is -2.24. The first kappa shape index (κ1) is 15.5. The highest BCUT2D eigenvalue weighted by atomic mass is 16.3. The van der Waals surface area contributed by atoms with E-state index in [9.17, 15) is 9.90 Å². The number of rotatable bonds is 7. The first-order chi connectivity index (χ1) is 9.13. The van der Waals surface area contributed by atoms with Gasteiger partial charge in [-0.2, -0.15) is 0 Å². The number of unbranched alkanes of at least 4 members (excludes halogenated alkanes) is 1. The summed E-state index contributed by atoms with van der Waals surface area (Å²) in [6.07, 6.45) is 2.97. The van der Waals surface area contributed by atoms with Gasteiger partial charge in [-0.1, -0.05) is 26.7 Å². The molecule has 1 rings (SSSR count). The molecule has 0 aliphatic heterocycles. The fourth-order valence-electron chi connectivity index (χ4n) is 1.99. The monoisotopic (exact) mass is 264 g/mol. The van der Waals surface area contributed by atoms with Gasteiger partial charge in [-0.3, -0.25) is 9.69 Å². The van der Waals surface area contributed by atoms with Gasteiger partial charge in [0.2, 0.25) is 5.91 Å². The molecule has 0 bridgehead atoms. The van der Waals surface area contributed by atoms with E-state index in [1.54, 1.807) is 0 Å². The van der Waals surface area contributed by atoms with Crippen LogP contribution >= 0.6 is 0 Å². The Hall–Kier alpha value is -1.55. The Morgan fingerprint density at radius 3 is 2.47 bits per heavy atom. The topological polar surface area (TPSA) is 52.6 Å². The molecule has 0 heterocycles. The van der Waals surface area contributed by atoms with Crippen molar-refractivity contribution in [3.05, 3.63) is 24.3 Å². The fraction of sp³-hybridized carbons (Fsp3) is 0.533. The van der Waals surface area contributed by atoms with Crippen LogP contribution in [0.2, 0.25) is 0 Å². The lowest BCUT2D eigenvalue weighted by atomic mass is 10.0. The van der Waals surface area contributed by atoms with Crippen molar-refractivity contribution in [1.82, 2.24) is 0 Å². The number of benzene rings is 1. The predicted molar refractivity (Wildman–Crippen MR) is 79.2 cm³/mol. The molecule has 0 radical (unpaired) electrons. The number of anilines is 2. The summed E-state index contributed by atoms with van der Waals surface area (Å²) >= 11 is 0. The summed E-state index contributed by atoms with van der Waals surface area (Å²) in [4.78, 5) is 13.7. The molecule has 1 unspecified atom stereocenters. The molecular weight excluding hydrogens is 240 g/mol. The predicted octanol–water partition coefficient (Wildman–Crippen LogP) is 2.84. The van der Waals surface area contributed by atoms with E-state index in [4.69, 9.17) is 0 Å². The molecule has 4 heteroatoms. The quantitative estimate of drug-likeness (QED) is 0.745. The third-order valence-corrected chi connectivity index (χ3v) is 3.29. The summed E-state index contributed by atoms with van der Waals surface area (Å²) in [5, 5.41) is 12.5. The van der Waals surface area contributed by atoms with Crippen LogP contribution < -0.4 is 10.2 Å². The molecule has 0 spiro atoms. The number of hydrogen-bond acceptors (Lipinski definition) is 3. The van der Waals surface area contributed by atoms with Crippen LogP contribution in [0.4, 0.5) is 11.4 Å². The molecule has 1 aromatic rings. The summed E-state index contributed by atoms with van der Waals surface area (Å²) in [5.74, 6) is -0.0794. The average molecular weight is 264 g/mol. The molecule has 0 aromatic heterocycles. The molecule has 2 N–H and O–H groups in total. The fourth-order valence-corrected chi connectivity index (χ4v) is 1.99. The van der Waals surface area contributed by atoms with Crippen molar-refractivity contribution in [2.75, 3.05) is 24.0 Å². The number of hydrogen-bond donors (Lipinski definition) is 2. The largest absolute Gasteiger partial charge is 0.388 e. The van der Waals surface area contributed by atoms with E-state index in [1.807, 2.05) is 38.2 Å². The van der Waals surface area contributed by atoms with E-state index < -0.39 is 0 Å². The van der Waals surface area contributed by atoms with Gasteiger partial charge in [0.15, 0.2) is 0 Å². The maximum Gasteiger partial charge on any atom is 0.231 e. The number of nitrogens with zero attached hydrogens (tertiary/aromatic N) is 1. The lowest BCUT2D eigenvalue weighted by Crippen LogP contribution is -2.36. The van der Waals surface area contributed by atoms with Crippen molar-refractivity contribution < 1.29 is 9.90 Å². The van der Waals surface area contributed by atoms with Crippen LogP contribution in [-0.4, -0.2) is 24.8 Å². The SMILES string of the molecule is CCCCC(C)C(=O)N(CO)c1ccc(NC)cc1. The zero-order chi connectivity index (χ0) is 14.3. The second kappa shape index (κ2) is 7.79. The highest BCUT2D eigenvalue weighted by Gasteiger charge is 2.20. The standard InChI is InChI=1S/C15H24N2O2/c1-4-5-6-12(2)15(19)17(11-18)14-9-7-13(16-3)8-10-14/h7-10,12,16,18H,4-6,11H2,1-3H3. The van der Waals surface area contributed by atoms with Crippen molar-refractivity contribution in [2.24, 2.45) is 5.92 Å². The molecule has 1 aromatic carbocycles. The number of carbonyl (C=O) groups is 1. The Morgan fingerprint density at radius 2 is 2.00 bits per heavy atom. The van der Waals surface area contributed by atoms with Crippen LogP contribution in [0.15, 0.2) is 24.3 Å². The first-order valence-corrected chi connectivity index (χ1v) is 6.84. The van der Waals surface area contributed by atoms with Crippen LogP contribution in [0.25, 0.3) is 0 Å². The minimum absolute atomic E-state index is 0.0202. The van der Waals surface area contributed by atoms with Gasteiger partial charge in [-0.05, 0) is 30.7 Å². The average Bonchev–Trinajstić information content (AvgIpc) is 2.46. The smallest absolute Gasteiger partial charge is 0.231 e. The van der Waals surface area contributed by atoms with Crippen LogP contribution in [0.5, 0.6) is 0 Å². The summed E-state index contributed by atoms with van der Waals surface area (Å²) in [7, 11) is 1.84. The van der Waals surface area contributed by atoms with Gasteiger partial charge in [0.05, 0.1) is 0 Å². The van der Waals surface area contributed by atoms with Crippen LogP contribution in [0.1, 0.15) is 33.1 Å². The molecule has 1 atom stereocenters. The Labute approximate surface area is 115 Å². The van der Waals surface area contributed by atoms with E-state index in [0.717, 1.165) is 30.6 Å². The van der Waals surface area contributed by atoms with E-state index >= 15 is 0 Å². The number of aliphatic hydroxyl groups is 1. The zero-order valence-electron chi connectivity index (χ0n) is 12.0. The normalized spacial score (nSPS) is 12.0. The Balaban J connectivity index is 2.77. The zero-order valence-corrected chi connectivity index (χ0v) is 12.0. The van der Waals surface area contributed by atoms with Crippen molar-refractivity contribution in [3.63, 3.8) is 0 Å². The summed E-state index contributed by atoms with van der Waals surface area (Å²) in [6.45, 7) is 3.74. The van der Waals surface area contributed by atoms with Gasteiger partial charge in [-0.25, -0.2) is 0 Å². The first-order valence-electron chi connectivity index (χ1n) is 6.84. The van der Waals surface area contributed by atoms with Gasteiger partial charge < -0.3 is 10.4 Å². The van der Waals surface area contributed by atoms with Crippen LogP contribution in [-0.2, 0) is 4.79 Å². The van der Waals surface area contributed by atoms with E-state index in [1.165, 1.54) is 4.90 Å². The lowest BCUT2D eigenvalue weighted by molar-refractivity contribution is -0.122. The van der Waals surface area contributed by atoms with E-state index in [0.29, 0.717) is 0 Å². The molecule has 106 valence electrons. The maximum absolute atomic E-state index is 12.3. The molecule has 0 saturated heterocycles. The Bertz CT molecular complexity index is 390. The highest BCUT2D eigenvalue weighted by molar-refractivity contribution is 5.94. The summed E-state index contributed by atoms with van der Waals surface area (Å²) in [5.41, 5.74) is 1.71. The van der Waals surface area contributed by atoms with Crippen molar-refractivity contribution in [1.29, 1.82) is 0 Å². The van der Waals surface area contributed by atoms with Crippen molar-refractivity contribution in [2.45, 2.75) is 33.1 Å². The minimum atomic E-state index is -0.284. The third-order valence-electron chi connectivity index (χ3n) is 3.29. The number of amides is 1. The molecule has 0 aliphatic rings. The van der Waals surface area contributed by atoms with Crippen LogP contribution in [0.3, 0.4) is 0 Å². The van der Waals surface area contributed by atoms with Gasteiger partial charge in [0, 0.05) is 24.3 Å². The van der Waals surface area contributed by atoms with Crippen molar-refractivity contribution >= 4 is 17.3 Å². The van der Waals surface area contributed by atoms with Gasteiger partial charge >= 0.3 is 0 Å². The Kier molecular flexibility index (Phi) is 6.36. The van der Waals surface area contributed by atoms with Crippen LogP contribution in [0, 0.1) is 5.92 Å². The summed E-state index contributed by atoms with van der Waals surface area (Å²) in [6, 6.07) is 7.46. The van der Waals surface area contributed by atoms with Gasteiger partial charge in [0.1, 0.15) is 6.73 Å². The number of carbonyl (C=O) groups excluding carboxylic acids is 1. The summed E-state index contributed by atoms with van der Waals surface area (Å²) < 4.78 is 0. The molecule has 4 nitrogen and oxygen atoms in total. The maximum atomic E-state index is 12.3. The second-order valence-corrected chi connectivity index (χ2v) is 4.75. The molecule has 19 heavy (non-hydrogen) atoms. The number of aliphatic hydroxyl groups excluding tert-OH is 1. The molecule has 0 fully saturated rings. The highest BCUT2D eigenvalue weighted by Crippen LogP contribution is 2.21.